The summed E-state index contributed by atoms with van der Waals surface area (Å²) in [5, 5.41) is 0. The minimum Gasteiger partial charge on any atom is -0.491 e. The number of amides is 1. The van der Waals surface area contributed by atoms with Crippen molar-refractivity contribution in [2.45, 2.75) is 26.3 Å². The molecule has 1 rings (SSSR count). The fourth-order valence-corrected chi connectivity index (χ4v) is 2.03. The number of benzene rings is 1. The zero-order valence-corrected chi connectivity index (χ0v) is 12.2. The summed E-state index contributed by atoms with van der Waals surface area (Å²) >= 11 is 3.44. The number of nitrogens with two attached hydrogens (primary N) is 2. The highest BCUT2D eigenvalue weighted by Gasteiger charge is 2.14. The van der Waals surface area contributed by atoms with E-state index in [1.807, 2.05) is 25.1 Å². The van der Waals surface area contributed by atoms with Gasteiger partial charge in [0.05, 0.1) is 17.0 Å². The van der Waals surface area contributed by atoms with Crippen LogP contribution in [0.3, 0.4) is 0 Å². The lowest BCUT2D eigenvalue weighted by Gasteiger charge is -2.16. The minimum absolute atomic E-state index is 0.0511. The molecule has 0 aliphatic heterocycles. The molecule has 2 unspecified atom stereocenters. The first-order chi connectivity index (χ1) is 8.41. The number of para-hydroxylation sites is 1. The molecular weight excluding hydrogens is 296 g/mol. The van der Waals surface area contributed by atoms with Crippen LogP contribution in [-0.4, -0.2) is 18.6 Å². The van der Waals surface area contributed by atoms with Gasteiger partial charge in [0, 0.05) is 6.04 Å². The molecule has 2 atom stereocenters. The van der Waals surface area contributed by atoms with E-state index in [1.54, 1.807) is 6.92 Å². The normalized spacial score (nSPS) is 14.0. The van der Waals surface area contributed by atoms with Gasteiger partial charge in [0.25, 0.3) is 0 Å². The Morgan fingerprint density at radius 1 is 1.44 bits per heavy atom. The third-order valence-corrected chi connectivity index (χ3v) is 3.18. The molecule has 4 nitrogen and oxygen atoms in total. The number of halogens is 1. The summed E-state index contributed by atoms with van der Waals surface area (Å²) in [5.74, 6) is 0.0546. The predicted octanol–water partition coefficient (Wildman–Crippen LogP) is 1.84. The van der Waals surface area contributed by atoms with E-state index >= 15 is 0 Å². The molecule has 0 radical (unpaired) electrons. The van der Waals surface area contributed by atoms with Crippen molar-refractivity contribution >= 4 is 21.8 Å². The van der Waals surface area contributed by atoms with Crippen molar-refractivity contribution in [1.82, 2.24) is 0 Å². The van der Waals surface area contributed by atoms with E-state index in [-0.39, 0.29) is 24.5 Å². The summed E-state index contributed by atoms with van der Waals surface area (Å²) in [4.78, 5) is 11.0. The zero-order chi connectivity index (χ0) is 13.7. The number of rotatable bonds is 6. The highest BCUT2D eigenvalue weighted by molar-refractivity contribution is 9.10. The molecule has 0 fully saturated rings. The van der Waals surface area contributed by atoms with Crippen molar-refractivity contribution in [3.8, 4) is 5.75 Å². The molecule has 1 aromatic carbocycles. The maximum atomic E-state index is 11.0. The lowest BCUT2D eigenvalue weighted by molar-refractivity contribution is -0.122. The molecule has 0 saturated carbocycles. The van der Waals surface area contributed by atoms with Crippen LogP contribution in [0.4, 0.5) is 0 Å². The quantitative estimate of drug-likeness (QED) is 0.841. The summed E-state index contributed by atoms with van der Waals surface area (Å²) < 4.78 is 6.55. The number of carbonyl (C=O) groups is 1. The molecular formula is C13H19BrN2O2. The first-order valence-corrected chi connectivity index (χ1v) is 6.66. The van der Waals surface area contributed by atoms with Gasteiger partial charge in [-0.25, -0.2) is 0 Å². The Hall–Kier alpha value is -1.07. The van der Waals surface area contributed by atoms with Crippen LogP contribution >= 0.6 is 15.9 Å². The van der Waals surface area contributed by atoms with Crippen molar-refractivity contribution in [3.05, 3.63) is 28.2 Å². The highest BCUT2D eigenvalue weighted by Crippen LogP contribution is 2.30. The molecule has 18 heavy (non-hydrogen) atoms. The van der Waals surface area contributed by atoms with Gasteiger partial charge in [-0.2, -0.15) is 0 Å². The topological polar surface area (TPSA) is 78.3 Å². The minimum atomic E-state index is -0.365. The van der Waals surface area contributed by atoms with Gasteiger partial charge in [-0.3, -0.25) is 4.79 Å². The lowest BCUT2D eigenvalue weighted by Crippen LogP contribution is -2.26. The van der Waals surface area contributed by atoms with Gasteiger partial charge in [-0.1, -0.05) is 19.1 Å². The van der Waals surface area contributed by atoms with Gasteiger partial charge < -0.3 is 16.2 Å². The van der Waals surface area contributed by atoms with Crippen LogP contribution in [0.25, 0.3) is 0 Å². The van der Waals surface area contributed by atoms with Gasteiger partial charge in [-0.15, -0.1) is 0 Å². The van der Waals surface area contributed by atoms with Crippen LogP contribution in [0.1, 0.15) is 19.4 Å². The van der Waals surface area contributed by atoms with Crippen LogP contribution in [0.5, 0.6) is 5.75 Å². The van der Waals surface area contributed by atoms with Crippen molar-refractivity contribution in [1.29, 1.82) is 0 Å². The predicted molar refractivity (Wildman–Crippen MR) is 75.3 cm³/mol. The van der Waals surface area contributed by atoms with Gasteiger partial charge in [-0.05, 0) is 40.9 Å². The van der Waals surface area contributed by atoms with Gasteiger partial charge >= 0.3 is 0 Å². The Morgan fingerprint density at radius 2 is 2.11 bits per heavy atom. The number of ether oxygens (including phenoxy) is 1. The first kappa shape index (κ1) is 15.0. The fourth-order valence-electron chi connectivity index (χ4n) is 1.51. The van der Waals surface area contributed by atoms with Crippen LogP contribution < -0.4 is 16.2 Å². The SMILES string of the molecule is CC(N)Cc1cccc(Br)c1OCC(C)C(N)=O. The number of carbonyl (C=O) groups excluding carboxylic acids is 1. The summed E-state index contributed by atoms with van der Waals surface area (Å²) in [6.07, 6.45) is 0.722. The molecule has 100 valence electrons. The Bertz CT molecular complexity index is 421. The average molecular weight is 315 g/mol. The second-order valence-electron chi connectivity index (χ2n) is 4.52. The van der Waals surface area contributed by atoms with Crippen molar-refractivity contribution in [3.63, 3.8) is 0 Å². The number of hydrogen-bond donors (Lipinski definition) is 2. The second-order valence-corrected chi connectivity index (χ2v) is 5.38. The van der Waals surface area contributed by atoms with E-state index in [2.05, 4.69) is 15.9 Å². The van der Waals surface area contributed by atoms with Gasteiger partial charge in [0.2, 0.25) is 5.91 Å². The molecule has 4 N–H and O–H groups in total. The summed E-state index contributed by atoms with van der Waals surface area (Å²) in [7, 11) is 0. The summed E-state index contributed by atoms with van der Waals surface area (Å²) in [5.41, 5.74) is 12.0. The van der Waals surface area contributed by atoms with Crippen molar-refractivity contribution < 1.29 is 9.53 Å². The summed E-state index contributed by atoms with van der Waals surface area (Å²) in [6.45, 7) is 3.95. The smallest absolute Gasteiger partial charge is 0.223 e. The zero-order valence-electron chi connectivity index (χ0n) is 10.7. The molecule has 0 spiro atoms. The molecule has 0 aliphatic carbocycles. The Morgan fingerprint density at radius 3 is 2.67 bits per heavy atom. The molecule has 0 bridgehead atoms. The van der Waals surface area contributed by atoms with E-state index in [1.165, 1.54) is 0 Å². The average Bonchev–Trinajstić information content (AvgIpc) is 2.27. The van der Waals surface area contributed by atoms with E-state index in [4.69, 9.17) is 16.2 Å². The van der Waals surface area contributed by atoms with E-state index in [9.17, 15) is 4.79 Å². The molecule has 1 aromatic rings. The molecule has 0 aromatic heterocycles. The van der Waals surface area contributed by atoms with E-state index < -0.39 is 0 Å². The lowest BCUT2D eigenvalue weighted by atomic mass is 10.1. The number of hydrogen-bond acceptors (Lipinski definition) is 3. The van der Waals surface area contributed by atoms with Crippen LogP contribution in [0.2, 0.25) is 0 Å². The Labute approximate surface area is 116 Å². The van der Waals surface area contributed by atoms with Crippen LogP contribution in [0, 0.1) is 5.92 Å². The molecule has 0 heterocycles. The Kier molecular flexibility index (Phi) is 5.62. The van der Waals surface area contributed by atoms with Crippen LogP contribution in [-0.2, 0) is 11.2 Å². The van der Waals surface area contributed by atoms with E-state index in [0.717, 1.165) is 22.2 Å². The van der Waals surface area contributed by atoms with Crippen molar-refractivity contribution in [2.75, 3.05) is 6.61 Å². The Balaban J connectivity index is 2.82. The third-order valence-electron chi connectivity index (χ3n) is 2.55. The molecule has 0 saturated heterocycles. The van der Waals surface area contributed by atoms with E-state index in [0.29, 0.717) is 0 Å². The van der Waals surface area contributed by atoms with Gasteiger partial charge in [0.1, 0.15) is 5.75 Å². The summed E-state index contributed by atoms with van der Waals surface area (Å²) in [6, 6.07) is 5.86. The first-order valence-electron chi connectivity index (χ1n) is 5.87. The highest BCUT2D eigenvalue weighted by atomic mass is 79.9. The molecule has 1 amide bonds. The molecule has 5 heteroatoms. The van der Waals surface area contributed by atoms with Crippen LogP contribution in [0.15, 0.2) is 22.7 Å². The fraction of sp³-hybridized carbons (Fsp3) is 0.462. The monoisotopic (exact) mass is 314 g/mol. The maximum absolute atomic E-state index is 11.0. The molecule has 0 aliphatic rings. The maximum Gasteiger partial charge on any atom is 0.223 e. The number of primary amides is 1. The van der Waals surface area contributed by atoms with Gasteiger partial charge in [0.15, 0.2) is 0 Å². The second kappa shape index (κ2) is 6.75. The van der Waals surface area contributed by atoms with Crippen molar-refractivity contribution in [2.24, 2.45) is 17.4 Å². The largest absolute Gasteiger partial charge is 0.491 e. The standard InChI is InChI=1S/C13H19BrN2O2/c1-8(13(16)17)7-18-12-10(6-9(2)15)4-3-5-11(12)14/h3-5,8-9H,6-7,15H2,1-2H3,(H2,16,17). The third kappa shape index (κ3) is 4.31.